The fourth-order valence-corrected chi connectivity index (χ4v) is 3.26. The van der Waals surface area contributed by atoms with E-state index in [9.17, 15) is 5.11 Å². The number of rotatable bonds is 6. The summed E-state index contributed by atoms with van der Waals surface area (Å²) >= 11 is 0. The van der Waals surface area contributed by atoms with Gasteiger partial charge in [-0.3, -0.25) is 0 Å². The molecule has 1 saturated carbocycles. The second kappa shape index (κ2) is 8.56. The first kappa shape index (κ1) is 19.4. The average Bonchev–Trinajstić information content (AvgIpc) is 3.31. The average molecular weight is 374 g/mol. The molecule has 2 aromatic heterocycles. The van der Waals surface area contributed by atoms with Gasteiger partial charge in [0.15, 0.2) is 11.8 Å². The number of aliphatic imine (C=N–C) groups is 1. The lowest BCUT2D eigenvalue weighted by Gasteiger charge is -2.27. The molecule has 0 aliphatic heterocycles. The Kier molecular flexibility index (Phi) is 6.15. The van der Waals surface area contributed by atoms with Gasteiger partial charge in [-0.05, 0) is 38.8 Å². The van der Waals surface area contributed by atoms with E-state index in [-0.39, 0.29) is 6.54 Å². The number of furan rings is 1. The minimum absolute atomic E-state index is 0.289. The fraction of sp³-hybridized carbons (Fsp3) is 0.632. The SMILES string of the molecule is Cc1nnc(CN=C(NCC(C)(O)c2ccco2)NC2CCCCC2)n1C. The molecule has 1 aliphatic carbocycles. The highest BCUT2D eigenvalue weighted by Gasteiger charge is 2.27. The van der Waals surface area contributed by atoms with E-state index >= 15 is 0 Å². The number of nitrogens with zero attached hydrogens (tertiary/aromatic N) is 4. The van der Waals surface area contributed by atoms with Crippen LogP contribution < -0.4 is 10.6 Å². The van der Waals surface area contributed by atoms with Gasteiger partial charge in [0.25, 0.3) is 0 Å². The van der Waals surface area contributed by atoms with Crippen molar-refractivity contribution in [2.45, 2.75) is 64.1 Å². The second-order valence-corrected chi connectivity index (χ2v) is 7.47. The zero-order chi connectivity index (χ0) is 19.3. The van der Waals surface area contributed by atoms with Crippen molar-refractivity contribution < 1.29 is 9.52 Å². The van der Waals surface area contributed by atoms with Gasteiger partial charge in [-0.2, -0.15) is 0 Å². The molecule has 27 heavy (non-hydrogen) atoms. The van der Waals surface area contributed by atoms with Gasteiger partial charge in [-0.1, -0.05) is 19.3 Å². The van der Waals surface area contributed by atoms with E-state index in [0.717, 1.165) is 24.5 Å². The molecule has 0 amide bonds. The molecule has 0 saturated heterocycles. The van der Waals surface area contributed by atoms with Crippen molar-refractivity contribution in [2.75, 3.05) is 6.54 Å². The highest BCUT2D eigenvalue weighted by Crippen LogP contribution is 2.20. The van der Waals surface area contributed by atoms with E-state index < -0.39 is 5.60 Å². The van der Waals surface area contributed by atoms with Crippen molar-refractivity contribution in [3.8, 4) is 0 Å². The van der Waals surface area contributed by atoms with Crippen LogP contribution >= 0.6 is 0 Å². The molecule has 1 aliphatic rings. The van der Waals surface area contributed by atoms with Gasteiger partial charge in [-0.15, -0.1) is 10.2 Å². The number of hydrogen-bond acceptors (Lipinski definition) is 5. The third-order valence-corrected chi connectivity index (χ3v) is 5.16. The Labute approximate surface area is 160 Å². The molecule has 0 spiro atoms. The van der Waals surface area contributed by atoms with E-state index in [0.29, 0.717) is 24.3 Å². The maximum Gasteiger partial charge on any atom is 0.192 e. The van der Waals surface area contributed by atoms with Crippen LogP contribution in [0.3, 0.4) is 0 Å². The molecule has 2 aromatic rings. The Bertz CT molecular complexity index is 744. The Balaban J connectivity index is 1.68. The molecule has 2 heterocycles. The highest BCUT2D eigenvalue weighted by atomic mass is 16.4. The van der Waals surface area contributed by atoms with Crippen LogP contribution in [0.4, 0.5) is 0 Å². The first-order chi connectivity index (χ1) is 13.0. The lowest BCUT2D eigenvalue weighted by atomic mass is 9.96. The third-order valence-electron chi connectivity index (χ3n) is 5.16. The van der Waals surface area contributed by atoms with Crippen molar-refractivity contribution >= 4 is 5.96 Å². The van der Waals surface area contributed by atoms with E-state index in [1.807, 2.05) is 18.5 Å². The molecule has 8 nitrogen and oxygen atoms in total. The molecule has 0 aromatic carbocycles. The first-order valence-electron chi connectivity index (χ1n) is 9.62. The van der Waals surface area contributed by atoms with Gasteiger partial charge in [0.05, 0.1) is 12.8 Å². The van der Waals surface area contributed by atoms with Crippen LogP contribution in [-0.4, -0.2) is 38.4 Å². The van der Waals surface area contributed by atoms with Crippen molar-refractivity contribution in [3.63, 3.8) is 0 Å². The number of aliphatic hydroxyl groups is 1. The number of hydrogen-bond donors (Lipinski definition) is 3. The molecular formula is C19H30N6O2. The summed E-state index contributed by atoms with van der Waals surface area (Å²) in [5, 5.41) is 25.7. The molecule has 1 atom stereocenters. The van der Waals surface area contributed by atoms with Crippen LogP contribution in [-0.2, 0) is 19.2 Å². The molecule has 0 radical (unpaired) electrons. The molecule has 0 bridgehead atoms. The summed E-state index contributed by atoms with van der Waals surface area (Å²) in [6, 6.07) is 3.95. The molecule has 1 unspecified atom stereocenters. The minimum atomic E-state index is -1.13. The lowest BCUT2D eigenvalue weighted by Crippen LogP contribution is -2.48. The van der Waals surface area contributed by atoms with Crippen LogP contribution in [0.25, 0.3) is 0 Å². The summed E-state index contributed by atoms with van der Waals surface area (Å²) in [6.07, 6.45) is 7.60. The van der Waals surface area contributed by atoms with E-state index in [1.54, 1.807) is 25.3 Å². The predicted molar refractivity (Wildman–Crippen MR) is 103 cm³/mol. The van der Waals surface area contributed by atoms with Crippen molar-refractivity contribution in [3.05, 3.63) is 35.8 Å². The van der Waals surface area contributed by atoms with Crippen molar-refractivity contribution in [1.29, 1.82) is 0 Å². The van der Waals surface area contributed by atoms with E-state index in [4.69, 9.17) is 4.42 Å². The molecular weight excluding hydrogens is 344 g/mol. The molecule has 3 rings (SSSR count). The predicted octanol–water partition coefficient (Wildman–Crippen LogP) is 1.99. The maximum absolute atomic E-state index is 10.7. The summed E-state index contributed by atoms with van der Waals surface area (Å²) in [7, 11) is 1.93. The van der Waals surface area contributed by atoms with Gasteiger partial charge >= 0.3 is 0 Å². The van der Waals surface area contributed by atoms with Crippen LogP contribution in [0, 0.1) is 6.92 Å². The van der Waals surface area contributed by atoms with Crippen LogP contribution in [0.15, 0.2) is 27.8 Å². The molecule has 3 N–H and O–H groups in total. The lowest BCUT2D eigenvalue weighted by molar-refractivity contribution is 0.0385. The molecule has 1 fully saturated rings. The topological polar surface area (TPSA) is 100 Å². The van der Waals surface area contributed by atoms with Crippen LogP contribution in [0.5, 0.6) is 0 Å². The summed E-state index contributed by atoms with van der Waals surface area (Å²) < 4.78 is 7.29. The standard InChI is InChI=1S/C19H30N6O2/c1-14-23-24-17(25(14)3)12-20-18(22-15-8-5-4-6-9-15)21-13-19(2,26)16-10-7-11-27-16/h7,10-11,15,26H,4-6,8-9,12-13H2,1-3H3,(H2,20,21,22). The largest absolute Gasteiger partial charge is 0.466 e. The van der Waals surface area contributed by atoms with Gasteiger partial charge in [0.1, 0.15) is 23.7 Å². The Morgan fingerprint density at radius 2 is 2.15 bits per heavy atom. The zero-order valence-electron chi connectivity index (χ0n) is 16.4. The van der Waals surface area contributed by atoms with Gasteiger partial charge in [0, 0.05) is 13.1 Å². The van der Waals surface area contributed by atoms with Crippen LogP contribution in [0.1, 0.15) is 56.4 Å². The highest BCUT2D eigenvalue weighted by molar-refractivity contribution is 5.80. The number of nitrogens with one attached hydrogen (secondary N) is 2. The normalized spacial score (nSPS) is 18.3. The first-order valence-corrected chi connectivity index (χ1v) is 9.62. The number of aryl methyl sites for hydroxylation is 1. The summed E-state index contributed by atoms with van der Waals surface area (Å²) in [5.74, 6) is 2.86. The Morgan fingerprint density at radius 1 is 1.37 bits per heavy atom. The van der Waals surface area contributed by atoms with E-state index in [1.165, 1.54) is 19.3 Å². The number of aromatic nitrogens is 3. The summed E-state index contributed by atoms with van der Waals surface area (Å²) in [6.45, 7) is 4.35. The van der Waals surface area contributed by atoms with Gasteiger partial charge in [0.2, 0.25) is 0 Å². The minimum Gasteiger partial charge on any atom is -0.466 e. The monoisotopic (exact) mass is 374 g/mol. The fourth-order valence-electron chi connectivity index (χ4n) is 3.26. The summed E-state index contributed by atoms with van der Waals surface area (Å²) in [5.41, 5.74) is -1.13. The number of guanidine groups is 1. The zero-order valence-corrected chi connectivity index (χ0v) is 16.4. The van der Waals surface area contributed by atoms with Crippen molar-refractivity contribution in [2.24, 2.45) is 12.0 Å². The quantitative estimate of drug-likeness (QED) is 0.528. The second-order valence-electron chi connectivity index (χ2n) is 7.47. The Morgan fingerprint density at radius 3 is 2.78 bits per heavy atom. The maximum atomic E-state index is 10.7. The van der Waals surface area contributed by atoms with E-state index in [2.05, 4.69) is 25.8 Å². The van der Waals surface area contributed by atoms with Gasteiger partial charge in [-0.25, -0.2) is 4.99 Å². The smallest absolute Gasteiger partial charge is 0.192 e. The molecule has 8 heteroatoms. The Hall–Kier alpha value is -2.35. The third kappa shape index (κ3) is 5.09. The van der Waals surface area contributed by atoms with Gasteiger partial charge < -0.3 is 24.7 Å². The van der Waals surface area contributed by atoms with Crippen LogP contribution in [0.2, 0.25) is 0 Å². The molecule has 148 valence electrons. The van der Waals surface area contributed by atoms with Crippen molar-refractivity contribution in [1.82, 2.24) is 25.4 Å². The summed E-state index contributed by atoms with van der Waals surface area (Å²) in [4.78, 5) is 4.68.